The van der Waals surface area contributed by atoms with Crippen LogP contribution in [0.25, 0.3) is 0 Å². The minimum atomic E-state index is -0.949. The highest BCUT2D eigenvalue weighted by molar-refractivity contribution is 5.98. The van der Waals surface area contributed by atoms with E-state index in [1.54, 1.807) is 25.4 Å². The van der Waals surface area contributed by atoms with Gasteiger partial charge < -0.3 is 37.1 Å². The van der Waals surface area contributed by atoms with Gasteiger partial charge in [-0.05, 0) is 56.1 Å². The number of nitrogens with zero attached hydrogens (tertiary/aromatic N) is 2. The van der Waals surface area contributed by atoms with Gasteiger partial charge in [-0.25, -0.2) is 0 Å². The van der Waals surface area contributed by atoms with Crippen molar-refractivity contribution in [2.24, 2.45) is 11.3 Å². The number of hydrogen-bond donors (Lipinski definition) is 6. The van der Waals surface area contributed by atoms with Gasteiger partial charge in [0.2, 0.25) is 23.6 Å². The number of aromatic nitrogens is 2. The van der Waals surface area contributed by atoms with Crippen molar-refractivity contribution in [1.29, 1.82) is 0 Å². The lowest BCUT2D eigenvalue weighted by Gasteiger charge is -2.29. The lowest BCUT2D eigenvalue weighted by molar-refractivity contribution is -0.605. The number of likely N-dealkylation sites (N-methyl/N-ethyl adjacent to an activating group) is 1. The molecular formula is C36H56N8O6. The molecule has 50 heavy (non-hydrogen) atoms. The second kappa shape index (κ2) is 20.2. The average Bonchev–Trinajstić information content (AvgIpc) is 3.05. The number of pyridine rings is 2. The first-order valence-corrected chi connectivity index (χ1v) is 17.3. The Bertz CT molecular complexity index is 1400. The normalized spacial score (nSPS) is 14.4. The molecule has 0 aliphatic heterocycles. The molecule has 0 saturated carbocycles. The van der Waals surface area contributed by atoms with E-state index in [4.69, 9.17) is 0 Å². The Hall–Kier alpha value is -4.59. The molecule has 0 fully saturated rings. The van der Waals surface area contributed by atoms with Crippen LogP contribution in [0.3, 0.4) is 0 Å². The zero-order valence-electron chi connectivity index (χ0n) is 30.7. The zero-order chi connectivity index (χ0) is 37.4. The van der Waals surface area contributed by atoms with Crippen LogP contribution >= 0.6 is 0 Å². The minimum Gasteiger partial charge on any atom is -0.619 e. The summed E-state index contributed by atoms with van der Waals surface area (Å²) in [5.74, 6) is -2.16. The van der Waals surface area contributed by atoms with Crippen LogP contribution in [-0.4, -0.2) is 77.8 Å². The summed E-state index contributed by atoms with van der Waals surface area (Å²) in [4.78, 5) is 70.2. The molecule has 2 aromatic rings. The molecule has 0 aromatic carbocycles. The van der Waals surface area contributed by atoms with Crippen molar-refractivity contribution in [1.82, 2.24) is 36.9 Å². The third kappa shape index (κ3) is 14.5. The quantitative estimate of drug-likeness (QED) is 0.0939. The molecule has 0 spiro atoms. The van der Waals surface area contributed by atoms with E-state index in [2.05, 4.69) is 36.9 Å². The van der Waals surface area contributed by atoms with E-state index in [1.165, 1.54) is 24.5 Å². The van der Waals surface area contributed by atoms with Crippen LogP contribution < -0.4 is 36.6 Å². The van der Waals surface area contributed by atoms with Gasteiger partial charge in [0.05, 0.1) is 11.6 Å². The number of nitrogens with one attached hydrogen (secondary N) is 6. The third-order valence-corrected chi connectivity index (χ3v) is 7.93. The van der Waals surface area contributed by atoms with Crippen molar-refractivity contribution in [2.75, 3.05) is 13.1 Å². The van der Waals surface area contributed by atoms with Crippen LogP contribution in [0.15, 0.2) is 49.1 Å². The molecule has 14 nitrogen and oxygen atoms in total. The molecule has 5 atom stereocenters. The average molecular weight is 697 g/mol. The van der Waals surface area contributed by atoms with Crippen LogP contribution in [0.2, 0.25) is 0 Å². The molecule has 0 aliphatic rings. The summed E-state index contributed by atoms with van der Waals surface area (Å²) in [6, 6.07) is 2.70. The first-order valence-electron chi connectivity index (χ1n) is 17.3. The van der Waals surface area contributed by atoms with Crippen molar-refractivity contribution in [3.8, 4) is 0 Å². The summed E-state index contributed by atoms with van der Waals surface area (Å²) in [7, 11) is 0. The number of hydrogen-bond acceptors (Lipinski definition) is 8. The SMILES string of the molecule is CCC[C@H](NC(=O)[C@H](CC(C)(C)C)NC(=O)c1cc[n+]([O-])cc1)C(=O)N[C@H](CN[C@@H](C)C(=O)N[C@H](C(=O)NCC)C(C)C)Cc1cccnc1. The molecule has 2 aromatic heterocycles. The highest BCUT2D eigenvalue weighted by Crippen LogP contribution is 2.21. The molecule has 276 valence electrons. The lowest BCUT2D eigenvalue weighted by atomic mass is 9.87. The number of amides is 5. The van der Waals surface area contributed by atoms with E-state index >= 15 is 0 Å². The Labute approximate surface area is 295 Å². The summed E-state index contributed by atoms with van der Waals surface area (Å²) < 4.78 is 0.563. The number of carbonyl (C=O) groups is 5. The number of carbonyl (C=O) groups excluding carboxylic acids is 5. The minimum absolute atomic E-state index is 0.123. The fourth-order valence-electron chi connectivity index (χ4n) is 5.25. The van der Waals surface area contributed by atoms with Gasteiger partial charge in [-0.3, -0.25) is 29.0 Å². The first kappa shape index (κ1) is 41.6. The molecule has 0 radical (unpaired) electrons. The van der Waals surface area contributed by atoms with E-state index < -0.39 is 47.9 Å². The van der Waals surface area contributed by atoms with Crippen LogP contribution in [0.5, 0.6) is 0 Å². The predicted molar refractivity (Wildman–Crippen MR) is 190 cm³/mol. The standard InChI is InChI=1S/C36H56N8O6/c1-9-12-28(41-34(48)29(20-36(6,7)8)42-32(46)26-14-17-44(50)18-15-26)33(47)40-27(19-25-13-11-16-37-21-25)22-39-24(5)31(45)43-30(23(3)4)35(49)38-10-2/h11,13-18,21,23-24,27-30,39H,9-10,12,19-20,22H2,1-8H3,(H,38,49)(H,40,47)(H,41,48)(H,42,46)(H,43,45)/t24-,27-,28-,29-,30-/m0/s1. The largest absolute Gasteiger partial charge is 0.619 e. The smallest absolute Gasteiger partial charge is 0.252 e. The van der Waals surface area contributed by atoms with Gasteiger partial charge in [0.1, 0.15) is 18.1 Å². The maximum Gasteiger partial charge on any atom is 0.252 e. The van der Waals surface area contributed by atoms with Gasteiger partial charge in [0, 0.05) is 43.7 Å². The van der Waals surface area contributed by atoms with Crippen molar-refractivity contribution in [3.63, 3.8) is 0 Å². The van der Waals surface area contributed by atoms with E-state index in [-0.39, 0.29) is 35.3 Å². The topological polar surface area (TPSA) is 197 Å². The second-order valence-electron chi connectivity index (χ2n) is 14.1. The molecule has 14 heteroatoms. The van der Waals surface area contributed by atoms with Crippen LogP contribution in [0.4, 0.5) is 0 Å². The Morgan fingerprint density at radius 2 is 1.52 bits per heavy atom. The maximum absolute atomic E-state index is 13.8. The van der Waals surface area contributed by atoms with Crippen molar-refractivity contribution in [3.05, 3.63) is 65.4 Å². The van der Waals surface area contributed by atoms with Gasteiger partial charge in [-0.2, -0.15) is 4.73 Å². The summed E-state index contributed by atoms with van der Waals surface area (Å²) in [6.45, 7) is 15.6. The molecule has 2 heterocycles. The van der Waals surface area contributed by atoms with Gasteiger partial charge in [-0.15, -0.1) is 0 Å². The molecule has 6 N–H and O–H groups in total. The monoisotopic (exact) mass is 696 g/mol. The van der Waals surface area contributed by atoms with E-state index in [9.17, 15) is 29.2 Å². The third-order valence-electron chi connectivity index (χ3n) is 7.93. The Kier molecular flexibility index (Phi) is 16.8. The molecule has 5 amide bonds. The van der Waals surface area contributed by atoms with E-state index in [0.717, 1.165) is 5.56 Å². The predicted octanol–water partition coefficient (Wildman–Crippen LogP) is 1.52. The highest BCUT2D eigenvalue weighted by Gasteiger charge is 2.31. The molecule has 0 bridgehead atoms. The van der Waals surface area contributed by atoms with Crippen molar-refractivity contribution >= 4 is 29.5 Å². The summed E-state index contributed by atoms with van der Waals surface area (Å²) in [6.07, 6.45) is 7.39. The zero-order valence-corrected chi connectivity index (χ0v) is 30.7. The Morgan fingerprint density at radius 3 is 2.08 bits per heavy atom. The number of rotatable bonds is 19. The fourth-order valence-corrected chi connectivity index (χ4v) is 5.25. The van der Waals surface area contributed by atoms with Crippen LogP contribution in [-0.2, 0) is 25.6 Å². The maximum atomic E-state index is 13.8. The first-order chi connectivity index (χ1) is 23.5. The van der Waals surface area contributed by atoms with Gasteiger partial charge in [0.25, 0.3) is 5.91 Å². The van der Waals surface area contributed by atoms with Crippen LogP contribution in [0, 0.1) is 16.5 Å². The van der Waals surface area contributed by atoms with Gasteiger partial charge in [0.15, 0.2) is 12.4 Å². The molecule has 0 saturated heterocycles. The molecule has 0 unspecified atom stereocenters. The van der Waals surface area contributed by atoms with E-state index in [0.29, 0.717) is 37.0 Å². The Morgan fingerprint density at radius 1 is 0.860 bits per heavy atom. The van der Waals surface area contributed by atoms with E-state index in [1.807, 2.05) is 54.5 Å². The Balaban J connectivity index is 2.20. The highest BCUT2D eigenvalue weighted by atomic mass is 16.5. The van der Waals surface area contributed by atoms with Crippen molar-refractivity contribution < 1.29 is 28.7 Å². The molecular weight excluding hydrogens is 640 g/mol. The van der Waals surface area contributed by atoms with Crippen LogP contribution in [0.1, 0.15) is 90.6 Å². The summed E-state index contributed by atoms with van der Waals surface area (Å²) >= 11 is 0. The molecule has 0 aliphatic carbocycles. The summed E-state index contributed by atoms with van der Waals surface area (Å²) in [5, 5.41) is 28.9. The van der Waals surface area contributed by atoms with Crippen molar-refractivity contribution in [2.45, 2.75) is 111 Å². The van der Waals surface area contributed by atoms with Gasteiger partial charge >= 0.3 is 0 Å². The second-order valence-corrected chi connectivity index (χ2v) is 14.1. The molecule has 2 rings (SSSR count). The fraction of sp³-hybridized carbons (Fsp3) is 0.583. The summed E-state index contributed by atoms with van der Waals surface area (Å²) in [5.41, 5.74) is 0.745. The van der Waals surface area contributed by atoms with Gasteiger partial charge in [-0.1, -0.05) is 54.0 Å². The lowest BCUT2D eigenvalue weighted by Crippen LogP contribution is -2.58.